The molecule has 1 aromatic carbocycles. The van der Waals surface area contributed by atoms with Crippen LogP contribution in [0.25, 0.3) is 0 Å². The summed E-state index contributed by atoms with van der Waals surface area (Å²) in [6, 6.07) is 8.02. The fraction of sp³-hybridized carbons (Fsp3) is 0.417. The number of carbonyl (C=O) groups is 1. The van der Waals surface area contributed by atoms with Crippen LogP contribution in [0.2, 0.25) is 0 Å². The lowest BCUT2D eigenvalue weighted by atomic mass is 10.1. The van der Waals surface area contributed by atoms with Crippen LogP contribution < -0.4 is 5.32 Å². The van der Waals surface area contributed by atoms with Crippen LogP contribution in [0.4, 0.5) is 0 Å². The lowest BCUT2D eigenvalue weighted by Crippen LogP contribution is -2.29. The van der Waals surface area contributed by atoms with Gasteiger partial charge in [-0.05, 0) is 6.92 Å². The van der Waals surface area contributed by atoms with Gasteiger partial charge < -0.3 is 5.32 Å². The summed E-state index contributed by atoms with van der Waals surface area (Å²) < 4.78 is 0. The number of rotatable bonds is 4. The normalized spacial score (nSPS) is 10.6. The molecule has 0 aliphatic heterocycles. The molecule has 1 rings (SSSR count). The average molecular weight is 191 g/mol. The van der Waals surface area contributed by atoms with Crippen molar-refractivity contribution in [2.24, 2.45) is 0 Å². The zero-order valence-electron chi connectivity index (χ0n) is 9.00. The Bertz CT molecular complexity index is 301. The molecule has 0 aliphatic rings. The van der Waals surface area contributed by atoms with E-state index in [4.69, 9.17) is 0 Å². The fourth-order valence-corrected chi connectivity index (χ4v) is 1.14. The molecule has 0 bridgehead atoms. The van der Waals surface area contributed by atoms with E-state index in [9.17, 15) is 4.79 Å². The molecule has 14 heavy (non-hydrogen) atoms. The topological polar surface area (TPSA) is 29.1 Å². The van der Waals surface area contributed by atoms with Crippen molar-refractivity contribution in [3.63, 3.8) is 0 Å². The number of aryl methyl sites for hydroxylation is 1. The molecule has 0 saturated carbocycles. The molecular weight excluding hydrogens is 174 g/mol. The first-order valence-electron chi connectivity index (χ1n) is 4.93. The summed E-state index contributed by atoms with van der Waals surface area (Å²) in [5.41, 5.74) is 1.96. The van der Waals surface area contributed by atoms with Gasteiger partial charge in [-0.3, -0.25) is 4.79 Å². The van der Waals surface area contributed by atoms with Gasteiger partial charge in [-0.15, -0.1) is 0 Å². The molecule has 0 unspecified atom stereocenters. The molecule has 0 aromatic heterocycles. The Kier molecular flexibility index (Phi) is 3.84. The number of ketones is 1. The van der Waals surface area contributed by atoms with Gasteiger partial charge >= 0.3 is 0 Å². The van der Waals surface area contributed by atoms with Crippen molar-refractivity contribution in [3.8, 4) is 0 Å². The third-order valence-electron chi connectivity index (χ3n) is 2.04. The summed E-state index contributed by atoms with van der Waals surface area (Å²) in [6.45, 7) is 6.49. The highest BCUT2D eigenvalue weighted by Crippen LogP contribution is 2.03. The van der Waals surface area contributed by atoms with Crippen LogP contribution in [-0.2, 0) is 0 Å². The molecule has 0 radical (unpaired) electrons. The Morgan fingerprint density at radius 3 is 2.36 bits per heavy atom. The first-order valence-corrected chi connectivity index (χ1v) is 4.93. The van der Waals surface area contributed by atoms with E-state index in [1.165, 1.54) is 5.56 Å². The Hall–Kier alpha value is -1.15. The molecule has 0 fully saturated rings. The van der Waals surface area contributed by atoms with Crippen LogP contribution >= 0.6 is 0 Å². The number of hydrogen-bond acceptors (Lipinski definition) is 2. The molecular formula is C12H17NO. The zero-order chi connectivity index (χ0) is 10.6. The number of nitrogens with one attached hydrogen (secondary N) is 1. The van der Waals surface area contributed by atoms with Crippen molar-refractivity contribution in [3.05, 3.63) is 35.4 Å². The number of Topliss-reactive ketones (excluding diaryl/α,β-unsaturated/α-hetero) is 1. The van der Waals surface area contributed by atoms with Crippen molar-refractivity contribution in [1.82, 2.24) is 5.32 Å². The van der Waals surface area contributed by atoms with Crippen molar-refractivity contribution >= 4 is 5.78 Å². The molecule has 2 heteroatoms. The largest absolute Gasteiger partial charge is 0.307 e. The van der Waals surface area contributed by atoms with Gasteiger partial charge in [0.05, 0.1) is 6.54 Å². The summed E-state index contributed by atoms with van der Waals surface area (Å²) in [5.74, 6) is 0.152. The number of hydrogen-bond donors (Lipinski definition) is 1. The van der Waals surface area contributed by atoms with Gasteiger partial charge in [-0.1, -0.05) is 43.7 Å². The van der Waals surface area contributed by atoms with Gasteiger partial charge in [0.1, 0.15) is 0 Å². The van der Waals surface area contributed by atoms with Gasteiger partial charge in [0.2, 0.25) is 0 Å². The summed E-state index contributed by atoms with van der Waals surface area (Å²) >= 11 is 0. The van der Waals surface area contributed by atoms with Crippen LogP contribution in [0, 0.1) is 6.92 Å². The second-order valence-electron chi connectivity index (χ2n) is 3.82. The lowest BCUT2D eigenvalue weighted by Gasteiger charge is -2.06. The number of benzene rings is 1. The molecule has 0 spiro atoms. The monoisotopic (exact) mass is 191 g/mol. The second-order valence-corrected chi connectivity index (χ2v) is 3.82. The van der Waals surface area contributed by atoms with Crippen molar-refractivity contribution in [1.29, 1.82) is 0 Å². The van der Waals surface area contributed by atoms with Gasteiger partial charge in [0.25, 0.3) is 0 Å². The lowest BCUT2D eigenvalue weighted by molar-refractivity contribution is 0.0988. The maximum absolute atomic E-state index is 11.6. The third-order valence-corrected chi connectivity index (χ3v) is 2.04. The molecule has 1 aromatic rings. The van der Waals surface area contributed by atoms with E-state index >= 15 is 0 Å². The summed E-state index contributed by atoms with van der Waals surface area (Å²) in [4.78, 5) is 11.6. The molecule has 0 aliphatic carbocycles. The molecule has 2 nitrogen and oxygen atoms in total. The Balaban J connectivity index is 2.57. The van der Waals surface area contributed by atoms with Crippen LogP contribution in [-0.4, -0.2) is 18.4 Å². The van der Waals surface area contributed by atoms with Crippen LogP contribution in [0.5, 0.6) is 0 Å². The molecule has 0 saturated heterocycles. The van der Waals surface area contributed by atoms with E-state index < -0.39 is 0 Å². The summed E-state index contributed by atoms with van der Waals surface area (Å²) in [5, 5.41) is 3.11. The minimum absolute atomic E-state index is 0.152. The Morgan fingerprint density at radius 1 is 1.29 bits per heavy atom. The van der Waals surface area contributed by atoms with Crippen LogP contribution in [0.3, 0.4) is 0 Å². The maximum Gasteiger partial charge on any atom is 0.176 e. The first kappa shape index (κ1) is 10.9. The average Bonchev–Trinajstić information content (AvgIpc) is 2.15. The van der Waals surface area contributed by atoms with Gasteiger partial charge in [-0.2, -0.15) is 0 Å². The molecule has 0 heterocycles. The van der Waals surface area contributed by atoms with Gasteiger partial charge in [0, 0.05) is 11.6 Å². The third kappa shape index (κ3) is 3.30. The standard InChI is InChI=1S/C12H17NO/c1-9(2)13-8-12(14)11-6-4-10(3)5-7-11/h4-7,9,13H,8H2,1-3H3. The highest BCUT2D eigenvalue weighted by atomic mass is 16.1. The number of carbonyl (C=O) groups excluding carboxylic acids is 1. The molecule has 0 amide bonds. The van der Waals surface area contributed by atoms with Gasteiger partial charge in [-0.25, -0.2) is 0 Å². The van der Waals surface area contributed by atoms with Crippen LogP contribution in [0.1, 0.15) is 29.8 Å². The second kappa shape index (κ2) is 4.91. The summed E-state index contributed by atoms with van der Waals surface area (Å²) in [7, 11) is 0. The van der Waals surface area contributed by atoms with E-state index in [1.54, 1.807) is 0 Å². The first-order chi connectivity index (χ1) is 6.59. The fourth-order valence-electron chi connectivity index (χ4n) is 1.14. The van der Waals surface area contributed by atoms with E-state index in [2.05, 4.69) is 5.32 Å². The van der Waals surface area contributed by atoms with Crippen molar-refractivity contribution in [2.75, 3.05) is 6.54 Å². The van der Waals surface area contributed by atoms with Crippen LogP contribution in [0.15, 0.2) is 24.3 Å². The molecule has 76 valence electrons. The van der Waals surface area contributed by atoms with E-state index in [-0.39, 0.29) is 5.78 Å². The minimum Gasteiger partial charge on any atom is -0.307 e. The summed E-state index contributed by atoms with van der Waals surface area (Å²) in [6.07, 6.45) is 0. The molecule has 0 atom stereocenters. The maximum atomic E-state index is 11.6. The van der Waals surface area contributed by atoms with E-state index in [0.29, 0.717) is 12.6 Å². The van der Waals surface area contributed by atoms with Crippen molar-refractivity contribution in [2.45, 2.75) is 26.8 Å². The highest BCUT2D eigenvalue weighted by molar-refractivity contribution is 5.97. The van der Waals surface area contributed by atoms with E-state index in [0.717, 1.165) is 5.56 Å². The zero-order valence-corrected chi connectivity index (χ0v) is 9.00. The van der Waals surface area contributed by atoms with Crippen molar-refractivity contribution < 1.29 is 4.79 Å². The smallest absolute Gasteiger partial charge is 0.176 e. The minimum atomic E-state index is 0.152. The van der Waals surface area contributed by atoms with E-state index in [1.807, 2.05) is 45.0 Å². The van der Waals surface area contributed by atoms with Gasteiger partial charge in [0.15, 0.2) is 5.78 Å². The highest BCUT2D eigenvalue weighted by Gasteiger charge is 2.04. The predicted octanol–water partition coefficient (Wildman–Crippen LogP) is 2.18. The SMILES string of the molecule is Cc1ccc(C(=O)CNC(C)C)cc1. The quantitative estimate of drug-likeness (QED) is 0.739. The molecule has 1 N–H and O–H groups in total. The predicted molar refractivity (Wildman–Crippen MR) is 58.6 cm³/mol. The Morgan fingerprint density at radius 2 is 1.86 bits per heavy atom. The Labute approximate surface area is 85.3 Å².